The van der Waals surface area contributed by atoms with Crippen molar-refractivity contribution < 1.29 is 24.4 Å². The smallest absolute Gasteiger partial charge is 0.455 e. The van der Waals surface area contributed by atoms with Crippen LogP contribution in [0.1, 0.15) is 56.2 Å². The lowest BCUT2D eigenvalue weighted by Gasteiger charge is -2.43. The van der Waals surface area contributed by atoms with Crippen molar-refractivity contribution in [2.75, 3.05) is 7.05 Å². The summed E-state index contributed by atoms with van der Waals surface area (Å²) in [5.41, 5.74) is 6.29. The minimum atomic E-state index is -0.930. The number of fused-ring (bicyclic) bond motifs is 3. The van der Waals surface area contributed by atoms with Gasteiger partial charge in [-0.05, 0) is 93.1 Å². The van der Waals surface area contributed by atoms with Gasteiger partial charge in [0.05, 0.1) is 17.9 Å². The van der Waals surface area contributed by atoms with Crippen LogP contribution in [0.3, 0.4) is 0 Å². The maximum absolute atomic E-state index is 12.9. The third kappa shape index (κ3) is 4.29. The summed E-state index contributed by atoms with van der Waals surface area (Å²) in [4.78, 5) is 26.8. The molecule has 2 saturated heterocycles. The number of aryl methyl sites for hydroxylation is 2. The van der Waals surface area contributed by atoms with Gasteiger partial charge in [-0.25, -0.2) is 0 Å². The van der Waals surface area contributed by atoms with Crippen molar-refractivity contribution in [1.29, 1.82) is 0 Å². The van der Waals surface area contributed by atoms with Crippen LogP contribution >= 0.6 is 0 Å². The molecule has 0 aromatic heterocycles. The Morgan fingerprint density at radius 1 is 1.21 bits per heavy atom. The molecule has 2 N–H and O–H groups in total. The van der Waals surface area contributed by atoms with Gasteiger partial charge in [-0.3, -0.25) is 14.5 Å². The third-order valence-corrected chi connectivity index (χ3v) is 7.68. The van der Waals surface area contributed by atoms with E-state index in [1.165, 1.54) is 16.0 Å². The molecule has 0 bridgehead atoms. The van der Waals surface area contributed by atoms with Crippen molar-refractivity contribution in [2.45, 2.75) is 65.8 Å². The zero-order valence-electron chi connectivity index (χ0n) is 20.2. The maximum atomic E-state index is 12.9. The average Bonchev–Trinajstić information content (AvgIpc) is 2.98. The van der Waals surface area contributed by atoms with Crippen molar-refractivity contribution >= 4 is 25.0 Å². The zero-order valence-corrected chi connectivity index (χ0v) is 20.2. The minimum absolute atomic E-state index is 0.0919. The van der Waals surface area contributed by atoms with E-state index in [1.807, 2.05) is 26.0 Å². The number of imide groups is 1. The summed E-state index contributed by atoms with van der Waals surface area (Å²) >= 11 is 0. The molecule has 176 valence electrons. The summed E-state index contributed by atoms with van der Waals surface area (Å²) < 4.78 is 6.01. The average molecular weight is 451 g/mol. The highest BCUT2D eigenvalue weighted by molar-refractivity contribution is 6.43. The Morgan fingerprint density at radius 3 is 2.52 bits per heavy atom. The summed E-state index contributed by atoms with van der Waals surface area (Å²) in [6.07, 6.45) is 5.15. The normalized spacial score (nSPS) is 27.9. The first-order valence-corrected chi connectivity index (χ1v) is 12.0. The molecule has 0 unspecified atom stereocenters. The molecule has 2 amide bonds. The lowest BCUT2D eigenvalue weighted by atomic mass is 9.58. The lowest BCUT2D eigenvalue weighted by Crippen LogP contribution is -2.46. The van der Waals surface area contributed by atoms with E-state index in [0.717, 1.165) is 35.1 Å². The summed E-state index contributed by atoms with van der Waals surface area (Å²) in [5.74, 6) is -0.704. The number of phenols is 1. The first kappa shape index (κ1) is 23.8. The van der Waals surface area contributed by atoms with Crippen LogP contribution in [0.2, 0.25) is 6.32 Å². The monoisotopic (exact) mass is 451 g/mol. The van der Waals surface area contributed by atoms with E-state index >= 15 is 0 Å². The van der Waals surface area contributed by atoms with Crippen LogP contribution in [0.5, 0.6) is 5.75 Å². The number of allylic oxidation sites excluding steroid dienone is 2. The van der Waals surface area contributed by atoms with Gasteiger partial charge in [0.25, 0.3) is 0 Å². The van der Waals surface area contributed by atoms with Crippen molar-refractivity contribution in [1.82, 2.24) is 4.90 Å². The molecule has 3 aliphatic rings. The van der Waals surface area contributed by atoms with E-state index in [4.69, 9.17) is 4.65 Å². The Kier molecular flexibility index (Phi) is 6.56. The van der Waals surface area contributed by atoms with Gasteiger partial charge in [0.1, 0.15) is 5.75 Å². The number of rotatable bonds is 5. The molecule has 6 nitrogen and oxygen atoms in total. The predicted molar refractivity (Wildman–Crippen MR) is 128 cm³/mol. The number of carbonyl (C=O) groups excluding carboxylic acids is 2. The molecular weight excluding hydrogens is 417 g/mol. The molecular formula is C26H34BNO5. The molecule has 4 atom stereocenters. The quantitative estimate of drug-likeness (QED) is 0.401. The Morgan fingerprint density at radius 2 is 1.88 bits per heavy atom. The summed E-state index contributed by atoms with van der Waals surface area (Å²) in [6, 6.07) is 3.95. The molecule has 0 radical (unpaired) electrons. The van der Waals surface area contributed by atoms with E-state index < -0.39 is 7.12 Å². The molecule has 1 aromatic rings. The Labute approximate surface area is 196 Å². The van der Waals surface area contributed by atoms with Crippen LogP contribution in [0.4, 0.5) is 0 Å². The minimum Gasteiger partial charge on any atom is -0.507 e. The second kappa shape index (κ2) is 9.11. The van der Waals surface area contributed by atoms with Crippen LogP contribution in [-0.4, -0.2) is 47.1 Å². The van der Waals surface area contributed by atoms with Gasteiger partial charge in [-0.1, -0.05) is 24.1 Å². The molecule has 1 aliphatic carbocycles. The van der Waals surface area contributed by atoms with E-state index in [2.05, 4.69) is 19.9 Å². The number of benzene rings is 1. The van der Waals surface area contributed by atoms with Gasteiger partial charge >= 0.3 is 7.12 Å². The lowest BCUT2D eigenvalue weighted by molar-refractivity contribution is -0.138. The van der Waals surface area contributed by atoms with Gasteiger partial charge in [0.2, 0.25) is 11.8 Å². The largest absolute Gasteiger partial charge is 0.507 e. The van der Waals surface area contributed by atoms with Gasteiger partial charge in [-0.2, -0.15) is 0 Å². The van der Waals surface area contributed by atoms with E-state index in [-0.39, 0.29) is 35.7 Å². The van der Waals surface area contributed by atoms with Crippen molar-refractivity contribution in [3.05, 3.63) is 45.5 Å². The molecule has 2 fully saturated rings. The molecule has 33 heavy (non-hydrogen) atoms. The molecule has 1 aromatic carbocycles. The highest BCUT2D eigenvalue weighted by Crippen LogP contribution is 2.50. The van der Waals surface area contributed by atoms with Gasteiger partial charge < -0.3 is 14.8 Å². The van der Waals surface area contributed by atoms with Gasteiger partial charge in [-0.15, -0.1) is 0 Å². The van der Waals surface area contributed by atoms with E-state index in [0.29, 0.717) is 24.9 Å². The first-order chi connectivity index (χ1) is 15.6. The Balaban J connectivity index is 1.57. The number of hydrogen-bond donors (Lipinski definition) is 2. The zero-order chi connectivity index (χ0) is 24.0. The first-order valence-electron chi connectivity index (χ1n) is 12.0. The predicted octanol–water partition coefficient (Wildman–Crippen LogP) is 4.03. The van der Waals surface area contributed by atoms with E-state index in [1.54, 1.807) is 7.05 Å². The fourth-order valence-electron chi connectivity index (χ4n) is 6.05. The Hall–Kier alpha value is -2.38. The van der Waals surface area contributed by atoms with Crippen molar-refractivity contribution in [2.24, 2.45) is 17.8 Å². The number of carbonyl (C=O) groups is 2. The number of hydrogen-bond acceptors (Lipinski definition) is 5. The number of nitrogens with zero attached hydrogens (tertiary/aromatic N) is 1. The molecule has 4 rings (SSSR count). The van der Waals surface area contributed by atoms with Gasteiger partial charge in [0.15, 0.2) is 0 Å². The van der Waals surface area contributed by atoms with Crippen LogP contribution in [0, 0.1) is 31.6 Å². The highest BCUT2D eigenvalue weighted by atomic mass is 16.5. The molecule has 0 spiro atoms. The molecule has 7 heteroatoms. The summed E-state index contributed by atoms with van der Waals surface area (Å²) in [7, 11) is 0.642. The number of aromatic hydroxyl groups is 1. The standard InChI is InChI=1S/C26H34BNO5/c1-6-18-12-19-23(26(31)28(5)25(19)30)20-13-27(32)33-21(22(18)20)8-7-14(2)9-17-10-15(3)24(29)16(4)11-17/h9-11,19-21,23,29,32H,6-8,12-13H2,1-5H3/b14-9+/t19-,20+,21-,23-/m1/s1. The number of amides is 2. The molecule has 2 heterocycles. The second-order valence-corrected chi connectivity index (χ2v) is 9.94. The Bertz CT molecular complexity index is 1020. The second-order valence-electron chi connectivity index (χ2n) is 9.94. The molecule has 2 aliphatic heterocycles. The summed E-state index contributed by atoms with van der Waals surface area (Å²) in [6.45, 7) is 7.96. The van der Waals surface area contributed by atoms with Crippen LogP contribution in [0.25, 0.3) is 6.08 Å². The van der Waals surface area contributed by atoms with Crippen molar-refractivity contribution in [3.8, 4) is 5.75 Å². The fraction of sp³-hybridized carbons (Fsp3) is 0.538. The number of phenolic OH excluding ortho intramolecular Hbond substituents is 1. The topological polar surface area (TPSA) is 87.1 Å². The SMILES string of the molecule is CCC1=C2[C@@H](CC/C(C)=C/c3cc(C)c(O)c(C)c3)OB(O)C[C@@H]2[C@@H]2C(=O)N(C)C(=O)[C@@H]2C1. The van der Waals surface area contributed by atoms with E-state index in [9.17, 15) is 19.7 Å². The van der Waals surface area contributed by atoms with Crippen molar-refractivity contribution in [3.63, 3.8) is 0 Å². The molecule has 0 saturated carbocycles. The highest BCUT2D eigenvalue weighted by Gasteiger charge is 2.56. The fourth-order valence-corrected chi connectivity index (χ4v) is 6.05. The van der Waals surface area contributed by atoms with Crippen LogP contribution in [0.15, 0.2) is 28.9 Å². The third-order valence-electron chi connectivity index (χ3n) is 7.68. The number of likely N-dealkylation sites (tertiary alicyclic amines) is 1. The van der Waals surface area contributed by atoms with Crippen LogP contribution < -0.4 is 0 Å². The van der Waals surface area contributed by atoms with Gasteiger partial charge in [0, 0.05) is 7.05 Å². The maximum Gasteiger partial charge on any atom is 0.455 e. The summed E-state index contributed by atoms with van der Waals surface area (Å²) in [5, 5.41) is 20.5. The van der Waals surface area contributed by atoms with Crippen LogP contribution in [-0.2, 0) is 14.2 Å².